The zero-order valence-corrected chi connectivity index (χ0v) is 23.9. The number of fused-ring (bicyclic) bond motifs is 1. The van der Waals surface area contributed by atoms with Crippen molar-refractivity contribution in [3.05, 3.63) is 96.4 Å². The van der Waals surface area contributed by atoms with Gasteiger partial charge < -0.3 is 9.47 Å². The number of hydrogen-bond acceptors (Lipinski definition) is 5. The third-order valence-corrected chi connectivity index (χ3v) is 7.89. The van der Waals surface area contributed by atoms with E-state index < -0.39 is 0 Å². The first-order valence-electron chi connectivity index (χ1n) is 12.4. The summed E-state index contributed by atoms with van der Waals surface area (Å²) in [5, 5.41) is 6.15. The summed E-state index contributed by atoms with van der Waals surface area (Å²) in [7, 11) is 1.58. The van der Waals surface area contributed by atoms with Gasteiger partial charge in [-0.05, 0) is 54.8 Å². The highest BCUT2D eigenvalue weighted by molar-refractivity contribution is 9.10. The lowest BCUT2D eigenvalue weighted by Gasteiger charge is -2.22. The van der Waals surface area contributed by atoms with Gasteiger partial charge in [0.2, 0.25) is 0 Å². The summed E-state index contributed by atoms with van der Waals surface area (Å²) in [6.07, 6.45) is 7.04. The van der Waals surface area contributed by atoms with Crippen molar-refractivity contribution in [2.45, 2.75) is 44.6 Å². The van der Waals surface area contributed by atoms with Crippen LogP contribution >= 0.6 is 39.1 Å². The molecule has 6 nitrogen and oxygen atoms in total. The Labute approximate surface area is 239 Å². The SMILES string of the molecule is COc1cc(Br)cc(C=Nn2c(C3CCCCC3)nc3ccccc3c2=O)c1OCc1ccc(Cl)c(Cl)c1. The molecule has 1 heterocycles. The lowest BCUT2D eigenvalue weighted by atomic mass is 9.88. The molecule has 0 amide bonds. The minimum atomic E-state index is -0.187. The fourth-order valence-corrected chi connectivity index (χ4v) is 5.55. The zero-order chi connectivity index (χ0) is 26.6. The summed E-state index contributed by atoms with van der Waals surface area (Å²) in [5.41, 5.74) is 2.00. The molecule has 0 aliphatic heterocycles. The Morgan fingerprint density at radius 1 is 1.08 bits per heavy atom. The average Bonchev–Trinajstić information content (AvgIpc) is 2.93. The number of aromatic nitrogens is 2. The zero-order valence-electron chi connectivity index (χ0n) is 20.8. The van der Waals surface area contributed by atoms with E-state index in [9.17, 15) is 4.79 Å². The first kappa shape index (κ1) is 26.7. The summed E-state index contributed by atoms with van der Waals surface area (Å²) >= 11 is 15.8. The van der Waals surface area contributed by atoms with Gasteiger partial charge in [-0.3, -0.25) is 4.79 Å². The third kappa shape index (κ3) is 5.75. The second-order valence-electron chi connectivity index (χ2n) is 9.25. The number of para-hydroxylation sites is 1. The van der Waals surface area contributed by atoms with Gasteiger partial charge in [-0.15, -0.1) is 0 Å². The maximum atomic E-state index is 13.6. The van der Waals surface area contributed by atoms with Crippen molar-refractivity contribution in [1.29, 1.82) is 0 Å². The molecule has 1 aliphatic rings. The molecule has 1 saturated carbocycles. The number of hydrogen-bond donors (Lipinski definition) is 0. The fraction of sp³-hybridized carbons (Fsp3) is 0.276. The molecule has 1 aromatic heterocycles. The van der Waals surface area contributed by atoms with Crippen LogP contribution in [0.15, 0.2) is 69.0 Å². The number of nitrogens with zero attached hydrogens (tertiary/aromatic N) is 3. The minimum absolute atomic E-state index is 0.181. The lowest BCUT2D eigenvalue weighted by Crippen LogP contribution is -2.25. The molecular weight excluding hydrogens is 589 g/mol. The van der Waals surface area contributed by atoms with Crippen molar-refractivity contribution < 1.29 is 9.47 Å². The van der Waals surface area contributed by atoms with Crippen molar-refractivity contribution in [2.24, 2.45) is 5.10 Å². The smallest absolute Gasteiger partial charge is 0.282 e. The second-order valence-corrected chi connectivity index (χ2v) is 11.0. The van der Waals surface area contributed by atoms with Crippen LogP contribution in [0.1, 0.15) is 55.0 Å². The predicted molar refractivity (Wildman–Crippen MR) is 156 cm³/mol. The Morgan fingerprint density at radius 3 is 2.63 bits per heavy atom. The summed E-state index contributed by atoms with van der Waals surface area (Å²) in [6, 6.07) is 16.4. The monoisotopic (exact) mass is 613 g/mol. The van der Waals surface area contributed by atoms with Crippen LogP contribution in [-0.4, -0.2) is 23.0 Å². The number of benzene rings is 3. The van der Waals surface area contributed by atoms with Crippen molar-refractivity contribution in [1.82, 2.24) is 9.66 Å². The molecule has 0 unspecified atom stereocenters. The number of rotatable bonds is 7. The average molecular weight is 615 g/mol. The molecule has 0 atom stereocenters. The maximum absolute atomic E-state index is 13.6. The van der Waals surface area contributed by atoms with Crippen LogP contribution in [0.5, 0.6) is 11.5 Å². The van der Waals surface area contributed by atoms with E-state index in [2.05, 4.69) is 21.0 Å². The van der Waals surface area contributed by atoms with Crippen LogP contribution < -0.4 is 15.0 Å². The maximum Gasteiger partial charge on any atom is 0.282 e. The molecule has 3 aromatic carbocycles. The molecule has 1 aliphatic carbocycles. The van der Waals surface area contributed by atoms with E-state index >= 15 is 0 Å². The topological polar surface area (TPSA) is 65.7 Å². The van der Waals surface area contributed by atoms with Gasteiger partial charge in [0.25, 0.3) is 5.56 Å². The highest BCUT2D eigenvalue weighted by Gasteiger charge is 2.22. The Hall–Kier alpha value is -2.87. The minimum Gasteiger partial charge on any atom is -0.493 e. The van der Waals surface area contributed by atoms with Crippen LogP contribution in [0.25, 0.3) is 10.9 Å². The number of methoxy groups -OCH3 is 1. The van der Waals surface area contributed by atoms with Gasteiger partial charge >= 0.3 is 0 Å². The Bertz CT molecular complexity index is 1570. The van der Waals surface area contributed by atoms with Gasteiger partial charge in [0, 0.05) is 16.0 Å². The molecule has 1 fully saturated rings. The van der Waals surface area contributed by atoms with Crippen LogP contribution in [0.2, 0.25) is 10.0 Å². The molecule has 196 valence electrons. The van der Waals surface area contributed by atoms with Gasteiger partial charge in [0.1, 0.15) is 12.4 Å². The quantitative estimate of drug-likeness (QED) is 0.198. The molecule has 0 N–H and O–H groups in total. The van der Waals surface area contributed by atoms with E-state index in [-0.39, 0.29) is 18.1 Å². The molecular formula is C29H26BrCl2N3O3. The van der Waals surface area contributed by atoms with Crippen molar-refractivity contribution >= 4 is 56.2 Å². The molecule has 0 radical (unpaired) electrons. The highest BCUT2D eigenvalue weighted by Crippen LogP contribution is 2.36. The molecule has 5 rings (SSSR count). The van der Waals surface area contributed by atoms with Crippen LogP contribution in [0.3, 0.4) is 0 Å². The first-order chi connectivity index (χ1) is 18.4. The molecule has 4 aromatic rings. The predicted octanol–water partition coefficient (Wildman–Crippen LogP) is 7.98. The summed E-state index contributed by atoms with van der Waals surface area (Å²) < 4.78 is 14.0. The summed E-state index contributed by atoms with van der Waals surface area (Å²) in [5.74, 6) is 1.90. The Morgan fingerprint density at radius 2 is 1.87 bits per heavy atom. The van der Waals surface area contributed by atoms with E-state index in [1.165, 1.54) is 11.1 Å². The number of ether oxygens (including phenoxy) is 2. The van der Waals surface area contributed by atoms with Crippen LogP contribution in [0.4, 0.5) is 0 Å². The van der Waals surface area contributed by atoms with E-state index in [0.29, 0.717) is 43.8 Å². The highest BCUT2D eigenvalue weighted by atomic mass is 79.9. The lowest BCUT2D eigenvalue weighted by molar-refractivity contribution is 0.284. The van der Waals surface area contributed by atoms with Crippen LogP contribution in [-0.2, 0) is 6.61 Å². The molecule has 0 spiro atoms. The van der Waals surface area contributed by atoms with Gasteiger partial charge in [-0.2, -0.15) is 9.78 Å². The summed E-state index contributed by atoms with van der Waals surface area (Å²) in [6.45, 7) is 0.237. The molecule has 0 saturated heterocycles. The third-order valence-electron chi connectivity index (χ3n) is 6.70. The van der Waals surface area contributed by atoms with E-state index in [0.717, 1.165) is 35.7 Å². The normalized spacial score (nSPS) is 14.3. The summed E-state index contributed by atoms with van der Waals surface area (Å²) in [4.78, 5) is 18.5. The van der Waals surface area contributed by atoms with E-state index in [1.807, 2.05) is 36.4 Å². The van der Waals surface area contributed by atoms with Crippen molar-refractivity contribution in [3.63, 3.8) is 0 Å². The molecule has 38 heavy (non-hydrogen) atoms. The van der Waals surface area contributed by atoms with Crippen LogP contribution in [0, 0.1) is 0 Å². The van der Waals surface area contributed by atoms with Gasteiger partial charge in [0.05, 0.1) is 34.3 Å². The van der Waals surface area contributed by atoms with Gasteiger partial charge in [-0.25, -0.2) is 4.98 Å². The van der Waals surface area contributed by atoms with E-state index in [4.69, 9.17) is 37.7 Å². The Balaban J connectivity index is 1.56. The number of halogens is 3. The molecule has 0 bridgehead atoms. The largest absolute Gasteiger partial charge is 0.493 e. The van der Waals surface area contributed by atoms with Gasteiger partial charge in [-0.1, -0.05) is 76.6 Å². The van der Waals surface area contributed by atoms with Crippen molar-refractivity contribution in [3.8, 4) is 11.5 Å². The second kappa shape index (κ2) is 11.9. The van der Waals surface area contributed by atoms with Gasteiger partial charge in [0.15, 0.2) is 11.5 Å². The van der Waals surface area contributed by atoms with E-state index in [1.54, 1.807) is 31.5 Å². The standard InChI is InChI=1S/C29H26BrCl2N3O3/c1-37-26-15-21(30)14-20(27(26)38-17-18-11-12-23(31)24(32)13-18)16-33-35-28(19-7-3-2-4-8-19)34-25-10-6-5-9-22(25)29(35)36/h5-6,9-16,19H,2-4,7-8,17H2,1H3. The Kier molecular flexibility index (Phi) is 8.36. The first-order valence-corrected chi connectivity index (χ1v) is 14.0. The molecule has 9 heteroatoms. The van der Waals surface area contributed by atoms with Crippen molar-refractivity contribution in [2.75, 3.05) is 7.11 Å². The fourth-order valence-electron chi connectivity index (χ4n) is 4.77.